The Hall–Kier alpha value is -2.97. The third kappa shape index (κ3) is 5.28. The summed E-state index contributed by atoms with van der Waals surface area (Å²) in [5.74, 6) is 0.366. The molecule has 9 nitrogen and oxygen atoms in total. The van der Waals surface area contributed by atoms with Gasteiger partial charge >= 0.3 is 6.09 Å². The second-order valence-corrected chi connectivity index (χ2v) is 7.85. The molecule has 0 aliphatic carbocycles. The summed E-state index contributed by atoms with van der Waals surface area (Å²) >= 11 is 0. The van der Waals surface area contributed by atoms with Gasteiger partial charge in [0.2, 0.25) is 5.91 Å². The van der Waals surface area contributed by atoms with E-state index in [0.29, 0.717) is 25.5 Å². The smallest absolute Gasteiger partial charge is 0.410 e. The van der Waals surface area contributed by atoms with Crippen LogP contribution < -0.4 is 5.32 Å². The van der Waals surface area contributed by atoms with Crippen LogP contribution in [0.3, 0.4) is 0 Å². The Labute approximate surface area is 164 Å². The van der Waals surface area contributed by atoms with Crippen LogP contribution in [-0.2, 0) is 16.1 Å². The summed E-state index contributed by atoms with van der Waals surface area (Å²) in [6.07, 6.45) is 5.90. The van der Waals surface area contributed by atoms with Gasteiger partial charge in [0.15, 0.2) is 5.82 Å². The lowest BCUT2D eigenvalue weighted by Crippen LogP contribution is -2.46. The molecule has 1 aliphatic rings. The van der Waals surface area contributed by atoms with Crippen LogP contribution in [0, 0.1) is 5.92 Å². The summed E-state index contributed by atoms with van der Waals surface area (Å²) in [4.78, 5) is 34.6. The molecule has 0 bridgehead atoms. The number of aromatic nitrogens is 4. The molecule has 150 valence electrons. The molecule has 0 radical (unpaired) electrons. The van der Waals surface area contributed by atoms with Crippen LogP contribution in [0.4, 0.5) is 4.79 Å². The largest absolute Gasteiger partial charge is 0.444 e. The number of rotatable bonds is 4. The average molecular weight is 386 g/mol. The minimum Gasteiger partial charge on any atom is -0.444 e. The molecule has 2 amide bonds. The van der Waals surface area contributed by atoms with Gasteiger partial charge in [-0.25, -0.2) is 19.4 Å². The Bertz CT molecular complexity index is 798. The molecule has 0 unspecified atom stereocenters. The number of pyridine rings is 1. The molecule has 0 spiro atoms. The Kier molecular flexibility index (Phi) is 5.91. The fraction of sp³-hybridized carbons (Fsp3) is 0.526. The van der Waals surface area contributed by atoms with Gasteiger partial charge in [-0.2, -0.15) is 5.10 Å². The molecule has 3 heterocycles. The number of piperidine rings is 1. The van der Waals surface area contributed by atoms with E-state index in [2.05, 4.69) is 20.4 Å². The van der Waals surface area contributed by atoms with E-state index in [9.17, 15) is 9.59 Å². The van der Waals surface area contributed by atoms with Gasteiger partial charge in [0.25, 0.3) is 0 Å². The molecule has 0 aromatic carbocycles. The lowest BCUT2D eigenvalue weighted by atomic mass is 9.97. The molecule has 2 aromatic rings. The SMILES string of the molecule is CC(C)(C)OC(=O)N1CCC[C@@H](C(=O)NCc2ccc(-n3cncn3)nc2)C1. The quantitative estimate of drug-likeness (QED) is 0.861. The number of amides is 2. The molecule has 28 heavy (non-hydrogen) atoms. The summed E-state index contributed by atoms with van der Waals surface area (Å²) in [6.45, 7) is 6.88. The van der Waals surface area contributed by atoms with Crippen molar-refractivity contribution in [1.29, 1.82) is 0 Å². The number of nitrogens with zero attached hydrogens (tertiary/aromatic N) is 5. The maximum absolute atomic E-state index is 12.5. The summed E-state index contributed by atoms with van der Waals surface area (Å²) in [5, 5.41) is 6.96. The van der Waals surface area contributed by atoms with Crippen molar-refractivity contribution < 1.29 is 14.3 Å². The second kappa shape index (κ2) is 8.37. The van der Waals surface area contributed by atoms with Crippen molar-refractivity contribution in [3.05, 3.63) is 36.5 Å². The first kappa shape index (κ1) is 19.8. The van der Waals surface area contributed by atoms with Gasteiger partial charge in [0.1, 0.15) is 18.3 Å². The standard InChI is InChI=1S/C19H26N6O3/c1-19(2,3)28-18(27)24-8-4-5-15(11-24)17(26)22-10-14-6-7-16(21-9-14)25-13-20-12-23-25/h6-7,9,12-13,15H,4-5,8,10-11H2,1-3H3,(H,22,26)/t15-/m1/s1. The van der Waals surface area contributed by atoms with E-state index in [4.69, 9.17) is 4.74 Å². The average Bonchev–Trinajstić information content (AvgIpc) is 3.20. The second-order valence-electron chi connectivity index (χ2n) is 7.85. The number of ether oxygens (including phenoxy) is 1. The van der Waals surface area contributed by atoms with Crippen LogP contribution in [0.2, 0.25) is 0 Å². The maximum Gasteiger partial charge on any atom is 0.410 e. The molecule has 1 fully saturated rings. The Morgan fingerprint density at radius 3 is 2.79 bits per heavy atom. The van der Waals surface area contributed by atoms with E-state index in [1.807, 2.05) is 32.9 Å². The molecular weight excluding hydrogens is 360 g/mol. The normalized spacial score (nSPS) is 17.2. The highest BCUT2D eigenvalue weighted by molar-refractivity contribution is 5.80. The fourth-order valence-electron chi connectivity index (χ4n) is 3.00. The third-order valence-corrected chi connectivity index (χ3v) is 4.37. The number of carbonyl (C=O) groups is 2. The summed E-state index contributed by atoms with van der Waals surface area (Å²) in [7, 11) is 0. The number of hydrogen-bond donors (Lipinski definition) is 1. The first-order chi connectivity index (χ1) is 13.3. The van der Waals surface area contributed by atoms with Crippen molar-refractivity contribution >= 4 is 12.0 Å². The summed E-state index contributed by atoms with van der Waals surface area (Å²) in [5.41, 5.74) is 0.342. The summed E-state index contributed by atoms with van der Waals surface area (Å²) in [6, 6.07) is 3.71. The number of hydrogen-bond acceptors (Lipinski definition) is 6. The van der Waals surface area contributed by atoms with Crippen molar-refractivity contribution in [1.82, 2.24) is 30.0 Å². The van der Waals surface area contributed by atoms with E-state index >= 15 is 0 Å². The van der Waals surface area contributed by atoms with Gasteiger partial charge in [0.05, 0.1) is 5.92 Å². The molecular formula is C19H26N6O3. The highest BCUT2D eigenvalue weighted by Crippen LogP contribution is 2.19. The molecule has 9 heteroatoms. The molecule has 2 aromatic heterocycles. The van der Waals surface area contributed by atoms with Gasteiger partial charge in [0, 0.05) is 25.8 Å². The van der Waals surface area contributed by atoms with Gasteiger partial charge in [-0.1, -0.05) is 6.07 Å². The van der Waals surface area contributed by atoms with Crippen LogP contribution in [0.1, 0.15) is 39.2 Å². The lowest BCUT2D eigenvalue weighted by molar-refractivity contribution is -0.126. The predicted octanol–water partition coefficient (Wildman–Crippen LogP) is 1.93. The zero-order chi connectivity index (χ0) is 20.1. The van der Waals surface area contributed by atoms with Gasteiger partial charge < -0.3 is 15.0 Å². The Balaban J connectivity index is 1.51. The fourth-order valence-corrected chi connectivity index (χ4v) is 3.00. The first-order valence-electron chi connectivity index (χ1n) is 9.37. The first-order valence-corrected chi connectivity index (χ1v) is 9.37. The van der Waals surface area contributed by atoms with Crippen LogP contribution in [0.25, 0.3) is 5.82 Å². The molecule has 1 saturated heterocycles. The third-order valence-electron chi connectivity index (χ3n) is 4.37. The van der Waals surface area contributed by atoms with E-state index in [-0.39, 0.29) is 17.9 Å². The zero-order valence-corrected chi connectivity index (χ0v) is 16.5. The maximum atomic E-state index is 12.5. The molecule has 1 aliphatic heterocycles. The molecule has 1 atom stereocenters. The zero-order valence-electron chi connectivity index (χ0n) is 16.5. The minimum absolute atomic E-state index is 0.0615. The highest BCUT2D eigenvalue weighted by atomic mass is 16.6. The predicted molar refractivity (Wildman–Crippen MR) is 102 cm³/mol. The lowest BCUT2D eigenvalue weighted by Gasteiger charge is -2.33. The van der Waals surface area contributed by atoms with Gasteiger partial charge in [-0.05, 0) is 45.2 Å². The Morgan fingerprint density at radius 1 is 1.32 bits per heavy atom. The number of carbonyl (C=O) groups excluding carboxylic acids is 2. The monoisotopic (exact) mass is 386 g/mol. The van der Waals surface area contributed by atoms with Crippen LogP contribution in [-0.4, -0.2) is 55.3 Å². The van der Waals surface area contributed by atoms with Crippen LogP contribution in [0.15, 0.2) is 31.0 Å². The van der Waals surface area contributed by atoms with Crippen molar-refractivity contribution in [2.45, 2.75) is 45.8 Å². The summed E-state index contributed by atoms with van der Waals surface area (Å²) < 4.78 is 6.98. The molecule has 0 saturated carbocycles. The van der Waals surface area contributed by atoms with E-state index in [1.165, 1.54) is 6.33 Å². The number of nitrogens with one attached hydrogen (secondary N) is 1. The molecule has 3 rings (SSSR count). The van der Waals surface area contributed by atoms with Crippen LogP contribution in [0.5, 0.6) is 0 Å². The minimum atomic E-state index is -0.544. The molecule has 1 N–H and O–H groups in total. The van der Waals surface area contributed by atoms with E-state index in [0.717, 1.165) is 18.4 Å². The van der Waals surface area contributed by atoms with Crippen molar-refractivity contribution in [3.63, 3.8) is 0 Å². The van der Waals surface area contributed by atoms with Crippen LogP contribution >= 0.6 is 0 Å². The number of likely N-dealkylation sites (tertiary alicyclic amines) is 1. The van der Waals surface area contributed by atoms with E-state index in [1.54, 1.807) is 22.1 Å². The Morgan fingerprint density at radius 2 is 2.14 bits per heavy atom. The highest BCUT2D eigenvalue weighted by Gasteiger charge is 2.30. The van der Waals surface area contributed by atoms with Crippen molar-refractivity contribution in [2.24, 2.45) is 5.92 Å². The van der Waals surface area contributed by atoms with E-state index < -0.39 is 5.60 Å². The van der Waals surface area contributed by atoms with Crippen molar-refractivity contribution in [2.75, 3.05) is 13.1 Å². The van der Waals surface area contributed by atoms with Gasteiger partial charge in [-0.3, -0.25) is 4.79 Å². The van der Waals surface area contributed by atoms with Crippen molar-refractivity contribution in [3.8, 4) is 5.82 Å². The van der Waals surface area contributed by atoms with Gasteiger partial charge in [-0.15, -0.1) is 0 Å². The topological polar surface area (TPSA) is 102 Å².